The maximum Gasteiger partial charge on any atom is 0.174 e. The molecule has 1 heteroatoms. The van der Waals surface area contributed by atoms with Crippen molar-refractivity contribution < 1.29 is 0 Å². The number of allylic oxidation sites excluding steroid dienone is 4. The number of fused-ring (bicyclic) bond motifs is 3. The Morgan fingerprint density at radius 2 is 1.75 bits per heavy atom. The third-order valence-electron chi connectivity index (χ3n) is 4.02. The van der Waals surface area contributed by atoms with Gasteiger partial charge in [-0.1, -0.05) is 48.1 Å². The fourth-order valence-corrected chi connectivity index (χ4v) is 5.76. The van der Waals surface area contributed by atoms with Crippen molar-refractivity contribution in [1.29, 1.82) is 0 Å². The van der Waals surface area contributed by atoms with Crippen LogP contribution in [0, 0.1) is 6.92 Å². The first-order chi connectivity index (χ1) is 9.84. The van der Waals surface area contributed by atoms with E-state index in [0.717, 1.165) is 6.42 Å². The van der Waals surface area contributed by atoms with Gasteiger partial charge in [-0.2, -0.15) is 0 Å². The smallest absolute Gasteiger partial charge is 0.0763 e. The zero-order valence-corrected chi connectivity index (χ0v) is 12.4. The van der Waals surface area contributed by atoms with Crippen molar-refractivity contribution in [3.63, 3.8) is 0 Å². The highest BCUT2D eigenvalue weighted by Crippen LogP contribution is 2.41. The van der Waals surface area contributed by atoms with Crippen LogP contribution < -0.4 is 10.6 Å². The predicted molar refractivity (Wildman–Crippen MR) is 90.6 cm³/mol. The van der Waals surface area contributed by atoms with Crippen LogP contribution in [0.5, 0.6) is 0 Å². The fourth-order valence-electron chi connectivity index (χ4n) is 3.04. The van der Waals surface area contributed by atoms with Gasteiger partial charge in [-0.25, -0.2) is 0 Å². The number of aryl methyl sites for hydroxylation is 1. The van der Waals surface area contributed by atoms with Gasteiger partial charge in [0.1, 0.15) is 5.29 Å². The van der Waals surface area contributed by atoms with Gasteiger partial charge in [0.15, 0.2) is 18.2 Å². The monoisotopic (exact) mass is 275 g/mol. The summed E-state index contributed by atoms with van der Waals surface area (Å²) in [5, 5.41) is 4.62. The molecule has 0 radical (unpaired) electrons. The molecule has 0 N–H and O–H groups in total. The Morgan fingerprint density at radius 1 is 0.950 bits per heavy atom. The van der Waals surface area contributed by atoms with Crippen molar-refractivity contribution in [2.24, 2.45) is 0 Å². The standard InChI is InChI=1S/C19H16P/c1-14-10-12-15(13-11-14)20-18-8-4-2-6-16(18)17-7-3-5-9-19(17)20/h2-8,10-13H,9H2,1H3/q+1. The van der Waals surface area contributed by atoms with Gasteiger partial charge < -0.3 is 0 Å². The SMILES string of the molecule is Cc1ccc([P+]2=C3CC=CC=C3c3ccccc32)cc1. The largest absolute Gasteiger partial charge is 0.174 e. The van der Waals surface area contributed by atoms with E-state index in [1.165, 1.54) is 27.3 Å². The van der Waals surface area contributed by atoms with E-state index >= 15 is 0 Å². The molecule has 0 spiro atoms. The quantitative estimate of drug-likeness (QED) is 0.691. The van der Waals surface area contributed by atoms with E-state index in [1.807, 2.05) is 0 Å². The topological polar surface area (TPSA) is 0 Å². The van der Waals surface area contributed by atoms with Gasteiger partial charge in [-0.15, -0.1) is 0 Å². The number of hydrogen-bond donors (Lipinski definition) is 0. The molecule has 4 rings (SSSR count). The average molecular weight is 275 g/mol. The summed E-state index contributed by atoms with van der Waals surface area (Å²) >= 11 is 0. The van der Waals surface area contributed by atoms with E-state index < -0.39 is 0 Å². The second-order valence-corrected chi connectivity index (χ2v) is 7.56. The minimum atomic E-state index is -0.329. The third-order valence-corrected chi connectivity index (χ3v) is 6.67. The summed E-state index contributed by atoms with van der Waals surface area (Å²) < 4.78 is 0. The number of rotatable bonds is 1. The molecular formula is C19H16P+. The highest BCUT2D eigenvalue weighted by molar-refractivity contribution is 7.75. The van der Waals surface area contributed by atoms with Gasteiger partial charge in [0, 0.05) is 17.6 Å². The minimum Gasteiger partial charge on any atom is -0.0763 e. The molecule has 1 unspecified atom stereocenters. The second kappa shape index (κ2) is 4.58. The molecule has 0 saturated carbocycles. The fraction of sp³-hybridized carbons (Fsp3) is 0.105. The summed E-state index contributed by atoms with van der Waals surface area (Å²) in [7, 11) is -0.329. The van der Waals surface area contributed by atoms with Crippen LogP contribution in [0.25, 0.3) is 5.57 Å². The van der Waals surface area contributed by atoms with E-state index in [9.17, 15) is 0 Å². The predicted octanol–water partition coefficient (Wildman–Crippen LogP) is 3.96. The van der Waals surface area contributed by atoms with Crippen molar-refractivity contribution in [2.75, 3.05) is 0 Å². The molecule has 0 bridgehead atoms. The summed E-state index contributed by atoms with van der Waals surface area (Å²) in [5.41, 5.74) is 4.24. The molecule has 0 fully saturated rings. The first kappa shape index (κ1) is 11.9. The first-order valence-electron chi connectivity index (χ1n) is 7.04. The van der Waals surface area contributed by atoms with E-state index in [1.54, 1.807) is 5.29 Å². The summed E-state index contributed by atoms with van der Waals surface area (Å²) in [6.45, 7) is 2.15. The van der Waals surface area contributed by atoms with Crippen LogP contribution in [-0.4, -0.2) is 5.29 Å². The molecule has 20 heavy (non-hydrogen) atoms. The average Bonchev–Trinajstić information content (AvgIpc) is 2.83. The molecule has 2 aromatic carbocycles. The van der Waals surface area contributed by atoms with Gasteiger partial charge in [0.05, 0.1) is 0 Å². The van der Waals surface area contributed by atoms with Crippen molar-refractivity contribution >= 4 is 29.0 Å². The number of benzene rings is 2. The summed E-state index contributed by atoms with van der Waals surface area (Å²) in [6.07, 6.45) is 7.87. The van der Waals surface area contributed by atoms with E-state index in [2.05, 4.69) is 73.7 Å². The Labute approximate surface area is 120 Å². The van der Waals surface area contributed by atoms with Gasteiger partial charge in [-0.3, -0.25) is 0 Å². The van der Waals surface area contributed by atoms with Crippen LogP contribution in [0.15, 0.2) is 66.8 Å². The maximum atomic E-state index is 2.31. The Hall–Kier alpha value is -1.91. The zero-order chi connectivity index (χ0) is 13.5. The van der Waals surface area contributed by atoms with Gasteiger partial charge in [0.2, 0.25) is 0 Å². The molecule has 0 aromatic heterocycles. The van der Waals surface area contributed by atoms with Crippen molar-refractivity contribution in [3.05, 3.63) is 77.9 Å². The molecule has 2 aromatic rings. The molecule has 2 aliphatic rings. The maximum absolute atomic E-state index is 2.31. The van der Waals surface area contributed by atoms with Gasteiger partial charge >= 0.3 is 0 Å². The van der Waals surface area contributed by atoms with Crippen LogP contribution >= 0.6 is 7.55 Å². The summed E-state index contributed by atoms with van der Waals surface area (Å²) in [6, 6.07) is 18.0. The van der Waals surface area contributed by atoms with Gasteiger partial charge in [0.25, 0.3) is 0 Å². The molecule has 0 nitrogen and oxygen atoms in total. The summed E-state index contributed by atoms with van der Waals surface area (Å²) in [5.74, 6) is 0. The van der Waals surface area contributed by atoms with Crippen molar-refractivity contribution in [2.45, 2.75) is 13.3 Å². The van der Waals surface area contributed by atoms with Crippen molar-refractivity contribution in [1.82, 2.24) is 0 Å². The van der Waals surface area contributed by atoms with E-state index in [0.29, 0.717) is 0 Å². The molecule has 1 aliphatic carbocycles. The molecule has 1 heterocycles. The highest BCUT2D eigenvalue weighted by Gasteiger charge is 2.37. The Kier molecular flexibility index (Phi) is 2.72. The molecule has 1 atom stereocenters. The molecule has 0 amide bonds. The first-order valence-corrected chi connectivity index (χ1v) is 8.38. The second-order valence-electron chi connectivity index (χ2n) is 5.35. The highest BCUT2D eigenvalue weighted by atomic mass is 31.1. The van der Waals surface area contributed by atoms with Crippen LogP contribution in [0.2, 0.25) is 0 Å². The normalized spacial score (nSPS) is 17.8. The number of hydrogen-bond acceptors (Lipinski definition) is 0. The Balaban J connectivity index is 1.99. The van der Waals surface area contributed by atoms with Crippen LogP contribution in [0.3, 0.4) is 0 Å². The minimum absolute atomic E-state index is 0.329. The Bertz CT molecular complexity index is 774. The van der Waals surface area contributed by atoms with Crippen LogP contribution in [0.4, 0.5) is 0 Å². The lowest BCUT2D eigenvalue weighted by atomic mass is 9.98. The van der Waals surface area contributed by atoms with Crippen LogP contribution in [0.1, 0.15) is 17.5 Å². The van der Waals surface area contributed by atoms with Crippen LogP contribution in [-0.2, 0) is 0 Å². The Morgan fingerprint density at radius 3 is 2.60 bits per heavy atom. The molecule has 96 valence electrons. The molecule has 0 saturated heterocycles. The summed E-state index contributed by atoms with van der Waals surface area (Å²) in [4.78, 5) is 0. The van der Waals surface area contributed by atoms with E-state index in [4.69, 9.17) is 0 Å². The zero-order valence-electron chi connectivity index (χ0n) is 11.5. The molecular weight excluding hydrogens is 259 g/mol. The van der Waals surface area contributed by atoms with Gasteiger partial charge in [-0.05, 0) is 31.2 Å². The van der Waals surface area contributed by atoms with Crippen molar-refractivity contribution in [3.8, 4) is 0 Å². The molecule has 1 aliphatic heterocycles. The lowest BCUT2D eigenvalue weighted by molar-refractivity contribution is 1.49. The van der Waals surface area contributed by atoms with E-state index in [-0.39, 0.29) is 7.55 Å². The lowest BCUT2D eigenvalue weighted by Crippen LogP contribution is -2.08. The lowest BCUT2D eigenvalue weighted by Gasteiger charge is -2.02. The third kappa shape index (κ3) is 1.72.